The molecule has 1 heterocycles. The van der Waals surface area contributed by atoms with Gasteiger partial charge in [0.1, 0.15) is 11.8 Å². The third-order valence-electron chi connectivity index (χ3n) is 5.31. The van der Waals surface area contributed by atoms with Crippen molar-refractivity contribution in [2.24, 2.45) is 0 Å². The van der Waals surface area contributed by atoms with Gasteiger partial charge in [0.25, 0.3) is 5.91 Å². The van der Waals surface area contributed by atoms with Crippen molar-refractivity contribution >= 4 is 17.4 Å². The minimum Gasteiger partial charge on any atom is -0.503 e. The lowest BCUT2D eigenvalue weighted by Gasteiger charge is -2.17. The molecular formula is C27H28N2O5. The quantitative estimate of drug-likeness (QED) is 0.396. The summed E-state index contributed by atoms with van der Waals surface area (Å²) in [6, 6.07) is 16.3. The SMILES string of the molecule is COc1ccnc(C(=O)N[C@@H](C)C(=O)OC(C)=C(c2ccc(C)cc2)c2ccc(C)cc2)c1O. The highest BCUT2D eigenvalue weighted by Crippen LogP contribution is 2.29. The number of nitrogens with zero attached hydrogens (tertiary/aromatic N) is 1. The summed E-state index contributed by atoms with van der Waals surface area (Å²) in [6.07, 6.45) is 1.33. The smallest absolute Gasteiger partial charge is 0.333 e. The molecule has 0 spiro atoms. The van der Waals surface area contributed by atoms with Crippen molar-refractivity contribution in [1.82, 2.24) is 10.3 Å². The summed E-state index contributed by atoms with van der Waals surface area (Å²) in [5, 5.41) is 12.7. The van der Waals surface area contributed by atoms with E-state index in [4.69, 9.17) is 9.47 Å². The van der Waals surface area contributed by atoms with Crippen LogP contribution in [-0.4, -0.2) is 35.1 Å². The van der Waals surface area contributed by atoms with Crippen LogP contribution in [0.2, 0.25) is 0 Å². The molecule has 1 amide bonds. The van der Waals surface area contributed by atoms with E-state index in [2.05, 4.69) is 10.3 Å². The van der Waals surface area contributed by atoms with Crippen LogP contribution in [-0.2, 0) is 9.53 Å². The molecule has 7 nitrogen and oxygen atoms in total. The van der Waals surface area contributed by atoms with Crippen LogP contribution in [0.15, 0.2) is 66.6 Å². The Hall–Kier alpha value is -4.13. The Morgan fingerprint density at radius 3 is 1.97 bits per heavy atom. The van der Waals surface area contributed by atoms with Crippen LogP contribution in [0.25, 0.3) is 5.57 Å². The third-order valence-corrected chi connectivity index (χ3v) is 5.31. The molecule has 3 rings (SSSR count). The number of aryl methyl sites for hydroxylation is 2. The summed E-state index contributed by atoms with van der Waals surface area (Å²) in [6.45, 7) is 7.23. The van der Waals surface area contributed by atoms with Crippen LogP contribution in [0, 0.1) is 13.8 Å². The van der Waals surface area contributed by atoms with Crippen LogP contribution in [0.5, 0.6) is 11.5 Å². The van der Waals surface area contributed by atoms with E-state index < -0.39 is 23.7 Å². The molecule has 176 valence electrons. The summed E-state index contributed by atoms with van der Waals surface area (Å²) in [5.41, 5.74) is 4.58. The average molecular weight is 461 g/mol. The number of hydrogen-bond donors (Lipinski definition) is 2. The van der Waals surface area contributed by atoms with Crippen LogP contribution >= 0.6 is 0 Å². The number of allylic oxidation sites excluding steroid dienone is 1. The van der Waals surface area contributed by atoms with Gasteiger partial charge in [0.2, 0.25) is 0 Å². The van der Waals surface area contributed by atoms with E-state index in [1.54, 1.807) is 6.92 Å². The molecule has 0 bridgehead atoms. The minimum atomic E-state index is -0.993. The average Bonchev–Trinajstić information content (AvgIpc) is 2.81. The lowest BCUT2D eigenvalue weighted by atomic mass is 9.95. The van der Waals surface area contributed by atoms with Gasteiger partial charge in [0.05, 0.1) is 7.11 Å². The second-order valence-corrected chi connectivity index (χ2v) is 7.99. The van der Waals surface area contributed by atoms with Gasteiger partial charge in [0, 0.05) is 17.8 Å². The van der Waals surface area contributed by atoms with Crippen LogP contribution in [0.3, 0.4) is 0 Å². The summed E-state index contributed by atoms with van der Waals surface area (Å²) in [4.78, 5) is 29.3. The summed E-state index contributed by atoms with van der Waals surface area (Å²) in [5.74, 6) is -1.26. The van der Waals surface area contributed by atoms with E-state index in [1.165, 1.54) is 26.3 Å². The number of amides is 1. The van der Waals surface area contributed by atoms with Crippen LogP contribution in [0.1, 0.15) is 46.6 Å². The number of nitrogens with one attached hydrogen (secondary N) is 1. The van der Waals surface area contributed by atoms with Gasteiger partial charge in [-0.25, -0.2) is 9.78 Å². The molecule has 0 saturated heterocycles. The first-order chi connectivity index (χ1) is 16.2. The fourth-order valence-corrected chi connectivity index (χ4v) is 3.40. The number of hydrogen-bond acceptors (Lipinski definition) is 6. The van der Waals surface area contributed by atoms with Gasteiger partial charge < -0.3 is 19.9 Å². The molecule has 0 fully saturated rings. The number of pyridine rings is 1. The van der Waals surface area contributed by atoms with Crippen LogP contribution in [0.4, 0.5) is 0 Å². The van der Waals surface area contributed by atoms with Gasteiger partial charge in [-0.15, -0.1) is 0 Å². The van der Waals surface area contributed by atoms with E-state index in [0.717, 1.165) is 27.8 Å². The van der Waals surface area contributed by atoms with E-state index in [-0.39, 0.29) is 11.4 Å². The molecule has 0 unspecified atom stereocenters. The Kier molecular flexibility index (Phi) is 7.68. The number of aromatic hydroxyl groups is 1. The minimum absolute atomic E-state index is 0.106. The highest BCUT2D eigenvalue weighted by atomic mass is 16.5. The highest BCUT2D eigenvalue weighted by Gasteiger charge is 2.24. The largest absolute Gasteiger partial charge is 0.503 e. The predicted octanol–water partition coefficient (Wildman–Crippen LogP) is 4.55. The van der Waals surface area contributed by atoms with Crippen molar-refractivity contribution < 1.29 is 24.2 Å². The number of rotatable bonds is 7. The molecule has 1 atom stereocenters. The Labute approximate surface area is 199 Å². The molecule has 0 radical (unpaired) electrons. The van der Waals surface area contributed by atoms with Crippen molar-refractivity contribution in [3.63, 3.8) is 0 Å². The van der Waals surface area contributed by atoms with Crippen molar-refractivity contribution in [3.05, 3.63) is 94.5 Å². The first-order valence-corrected chi connectivity index (χ1v) is 10.8. The van der Waals surface area contributed by atoms with E-state index in [1.807, 2.05) is 62.4 Å². The molecular weight excluding hydrogens is 432 g/mol. The molecule has 34 heavy (non-hydrogen) atoms. The van der Waals surface area contributed by atoms with Crippen molar-refractivity contribution in [1.29, 1.82) is 0 Å². The predicted molar refractivity (Wildman–Crippen MR) is 130 cm³/mol. The van der Waals surface area contributed by atoms with E-state index >= 15 is 0 Å². The number of methoxy groups -OCH3 is 1. The van der Waals surface area contributed by atoms with Gasteiger partial charge in [-0.2, -0.15) is 0 Å². The number of esters is 1. The fraction of sp³-hybridized carbons (Fsp3) is 0.222. The maximum absolute atomic E-state index is 12.8. The van der Waals surface area contributed by atoms with Gasteiger partial charge in [0.15, 0.2) is 17.2 Å². The first kappa shape index (κ1) is 24.5. The molecule has 0 aliphatic heterocycles. The Balaban J connectivity index is 1.84. The topological polar surface area (TPSA) is 97.8 Å². The monoisotopic (exact) mass is 460 g/mol. The lowest BCUT2D eigenvalue weighted by molar-refractivity contribution is -0.141. The number of benzene rings is 2. The molecule has 3 aromatic rings. The van der Waals surface area contributed by atoms with Crippen molar-refractivity contribution in [3.8, 4) is 11.5 Å². The highest BCUT2D eigenvalue weighted by molar-refractivity contribution is 5.98. The van der Waals surface area contributed by atoms with Gasteiger partial charge in [-0.05, 0) is 38.8 Å². The Morgan fingerprint density at radius 1 is 0.941 bits per heavy atom. The summed E-state index contributed by atoms with van der Waals surface area (Å²) in [7, 11) is 1.37. The molecule has 0 aliphatic carbocycles. The van der Waals surface area contributed by atoms with Crippen molar-refractivity contribution in [2.45, 2.75) is 33.7 Å². The van der Waals surface area contributed by atoms with Crippen LogP contribution < -0.4 is 10.1 Å². The zero-order chi connectivity index (χ0) is 24.8. The maximum atomic E-state index is 12.8. The van der Waals surface area contributed by atoms with E-state index in [0.29, 0.717) is 5.76 Å². The maximum Gasteiger partial charge on any atom is 0.333 e. The normalized spacial score (nSPS) is 11.3. The zero-order valence-corrected chi connectivity index (χ0v) is 19.9. The molecule has 7 heteroatoms. The second kappa shape index (κ2) is 10.7. The summed E-state index contributed by atoms with van der Waals surface area (Å²) < 4.78 is 10.7. The first-order valence-electron chi connectivity index (χ1n) is 10.8. The van der Waals surface area contributed by atoms with E-state index in [9.17, 15) is 14.7 Å². The molecule has 2 N–H and O–H groups in total. The molecule has 0 aliphatic rings. The second-order valence-electron chi connectivity index (χ2n) is 7.99. The standard InChI is InChI=1S/C27H28N2O5/c1-16-6-10-20(11-7-16)23(21-12-8-17(2)9-13-21)19(4)34-27(32)18(3)29-26(31)24-25(30)22(33-5)14-15-28-24/h6-15,18,30H,1-5H3,(H,29,31)/t18-/m0/s1. The number of ether oxygens (including phenoxy) is 2. The van der Waals surface area contributed by atoms with Gasteiger partial charge >= 0.3 is 5.97 Å². The number of aromatic nitrogens is 1. The molecule has 2 aromatic carbocycles. The van der Waals surface area contributed by atoms with Gasteiger partial charge in [-0.3, -0.25) is 4.79 Å². The van der Waals surface area contributed by atoms with Gasteiger partial charge in [-0.1, -0.05) is 59.7 Å². The lowest BCUT2D eigenvalue weighted by Crippen LogP contribution is -2.39. The number of carbonyl (C=O) groups is 2. The third kappa shape index (κ3) is 5.61. The number of carbonyl (C=O) groups excluding carboxylic acids is 2. The zero-order valence-electron chi connectivity index (χ0n) is 19.9. The molecule has 1 aromatic heterocycles. The summed E-state index contributed by atoms with van der Waals surface area (Å²) >= 11 is 0. The molecule has 0 saturated carbocycles. The fourth-order valence-electron chi connectivity index (χ4n) is 3.40. The Morgan fingerprint density at radius 2 is 1.47 bits per heavy atom. The van der Waals surface area contributed by atoms with Crippen molar-refractivity contribution in [2.75, 3.05) is 7.11 Å². The Bertz CT molecular complexity index is 1170.